The van der Waals surface area contributed by atoms with Crippen LogP contribution in [0, 0.1) is 11.8 Å². The van der Waals surface area contributed by atoms with E-state index in [-0.39, 0.29) is 17.9 Å². The third kappa shape index (κ3) is 10.1. The fraction of sp³-hybridized carbons (Fsp3) is 0.452. The summed E-state index contributed by atoms with van der Waals surface area (Å²) < 4.78 is 0. The number of hydrogen-bond donors (Lipinski definition) is 2. The number of carbonyl (C=O) groups is 2. The lowest BCUT2D eigenvalue weighted by atomic mass is 9.94. The van der Waals surface area contributed by atoms with Crippen molar-refractivity contribution in [1.29, 1.82) is 0 Å². The van der Waals surface area contributed by atoms with Crippen molar-refractivity contribution in [3.8, 4) is 22.4 Å². The van der Waals surface area contributed by atoms with Gasteiger partial charge in [-0.1, -0.05) is 108 Å². The number of aromatic nitrogens is 2. The number of fused-ring (bicyclic) bond motifs is 1. The molecule has 1 heterocycles. The summed E-state index contributed by atoms with van der Waals surface area (Å²) in [6, 6.07) is 21.7. The molecule has 4 rings (SSSR count). The second kappa shape index (κ2) is 17.8. The molecule has 0 radical (unpaired) electrons. The average Bonchev–Trinajstić information content (AvgIpc) is 3.54. The van der Waals surface area contributed by atoms with Gasteiger partial charge in [0.15, 0.2) is 0 Å². The van der Waals surface area contributed by atoms with Crippen LogP contribution in [0.2, 0.25) is 0 Å². The summed E-state index contributed by atoms with van der Waals surface area (Å²) in [4.78, 5) is 37.8. The summed E-state index contributed by atoms with van der Waals surface area (Å²) in [5.74, 6) is 1.88. The van der Waals surface area contributed by atoms with Crippen LogP contribution in [0.4, 0.5) is 0 Å². The monoisotopic (exact) mass is 663 g/mol. The average molecular weight is 664 g/mol. The third-order valence-corrected chi connectivity index (χ3v) is 8.73. The Hall–Kier alpha value is -4.39. The van der Waals surface area contributed by atoms with Crippen LogP contribution in [0.25, 0.3) is 38.9 Å². The van der Waals surface area contributed by atoms with Crippen LogP contribution in [-0.4, -0.2) is 57.3 Å². The molecular formula is C42H57N5O2. The number of H-pyrrole nitrogens is 1. The Morgan fingerprint density at radius 1 is 0.796 bits per heavy atom. The van der Waals surface area contributed by atoms with E-state index < -0.39 is 0 Å². The lowest BCUT2D eigenvalue weighted by molar-refractivity contribution is -0.133. The van der Waals surface area contributed by atoms with Crippen LogP contribution in [0.1, 0.15) is 92.5 Å². The van der Waals surface area contributed by atoms with Crippen molar-refractivity contribution in [1.82, 2.24) is 25.1 Å². The molecule has 262 valence electrons. The van der Waals surface area contributed by atoms with Gasteiger partial charge in [0.2, 0.25) is 11.8 Å². The predicted octanol–water partition coefficient (Wildman–Crippen LogP) is 9.31. The molecule has 7 nitrogen and oxygen atoms in total. The van der Waals surface area contributed by atoms with Crippen LogP contribution in [-0.2, 0) is 16.1 Å². The summed E-state index contributed by atoms with van der Waals surface area (Å²) in [7, 11) is 0. The van der Waals surface area contributed by atoms with Crippen molar-refractivity contribution in [2.24, 2.45) is 11.8 Å². The Bertz CT molecular complexity index is 1700. The van der Waals surface area contributed by atoms with Gasteiger partial charge in [-0.05, 0) is 66.0 Å². The second-order valence-corrected chi connectivity index (χ2v) is 14.1. The molecule has 2 N–H and O–H groups in total. The summed E-state index contributed by atoms with van der Waals surface area (Å²) in [6.45, 7) is 19.4. The zero-order chi connectivity index (χ0) is 35.5. The van der Waals surface area contributed by atoms with E-state index in [0.29, 0.717) is 37.8 Å². The highest BCUT2D eigenvalue weighted by Gasteiger charge is 2.19. The van der Waals surface area contributed by atoms with Gasteiger partial charge in [-0.15, -0.1) is 0 Å². The highest BCUT2D eigenvalue weighted by molar-refractivity contribution is 6.04. The molecule has 4 aromatic rings. The molecule has 0 fully saturated rings. The maximum atomic E-state index is 12.9. The number of benzene rings is 3. The second-order valence-electron chi connectivity index (χ2n) is 14.1. The highest BCUT2D eigenvalue weighted by Crippen LogP contribution is 2.34. The van der Waals surface area contributed by atoms with E-state index in [2.05, 4.69) is 137 Å². The largest absolute Gasteiger partial charge is 0.381 e. The van der Waals surface area contributed by atoms with Gasteiger partial charge >= 0.3 is 0 Å². The van der Waals surface area contributed by atoms with Gasteiger partial charge < -0.3 is 20.1 Å². The summed E-state index contributed by atoms with van der Waals surface area (Å²) in [5.41, 5.74) is 6.52. The lowest BCUT2D eigenvalue weighted by Crippen LogP contribution is -2.42. The molecule has 1 unspecified atom stereocenters. The van der Waals surface area contributed by atoms with Crippen LogP contribution >= 0.6 is 0 Å². The van der Waals surface area contributed by atoms with Gasteiger partial charge in [0, 0.05) is 49.8 Å². The maximum absolute atomic E-state index is 12.9. The molecule has 0 aliphatic carbocycles. The molecule has 0 saturated carbocycles. The molecule has 0 bridgehead atoms. The van der Waals surface area contributed by atoms with Gasteiger partial charge in [0.25, 0.3) is 0 Å². The van der Waals surface area contributed by atoms with Crippen LogP contribution in [0.15, 0.2) is 72.9 Å². The number of carbonyl (C=O) groups excluding carboxylic acids is 2. The van der Waals surface area contributed by atoms with E-state index in [0.717, 1.165) is 65.2 Å². The number of nitrogens with zero attached hydrogens (tertiary/aromatic N) is 3. The molecule has 49 heavy (non-hydrogen) atoms. The number of rotatable bonds is 17. The Morgan fingerprint density at radius 2 is 1.37 bits per heavy atom. The normalized spacial score (nSPS) is 12.5. The number of amides is 2. The number of aromatic amines is 1. The smallest absolute Gasteiger partial charge is 0.223 e. The number of hydrogen-bond acceptors (Lipinski definition) is 4. The van der Waals surface area contributed by atoms with Gasteiger partial charge in [-0.3, -0.25) is 9.59 Å². The quantitative estimate of drug-likeness (QED) is 0.118. The summed E-state index contributed by atoms with van der Waals surface area (Å²) in [5, 5.41) is 5.98. The molecule has 3 aromatic carbocycles. The van der Waals surface area contributed by atoms with Crippen molar-refractivity contribution in [3.05, 3.63) is 84.3 Å². The van der Waals surface area contributed by atoms with Crippen molar-refractivity contribution in [2.45, 2.75) is 93.7 Å². The van der Waals surface area contributed by atoms with E-state index in [1.807, 2.05) is 16.0 Å². The fourth-order valence-corrected chi connectivity index (χ4v) is 6.47. The van der Waals surface area contributed by atoms with Gasteiger partial charge in [-0.25, -0.2) is 4.98 Å². The van der Waals surface area contributed by atoms with Crippen molar-refractivity contribution < 1.29 is 9.59 Å². The van der Waals surface area contributed by atoms with Gasteiger partial charge in [0.1, 0.15) is 5.82 Å². The topological polar surface area (TPSA) is 81.3 Å². The standard InChI is InChI=1S/C42H57N5O2/c1-9-22-46(41(48)24-29(4)5)27-31(8)44-38(11-3)33-20-18-32(19-21-33)34-14-12-16-36-35(34)15-13-17-37(36)39-26-43-40(45-39)28-47(23-10-2)42(49)25-30(6)7/h11-21,26,29-31,44H,9-10,22-25,27-28H2,1-8H3,(H,43,45)/b38-11-. The first-order valence-corrected chi connectivity index (χ1v) is 18.2. The van der Waals surface area contributed by atoms with Crippen LogP contribution < -0.4 is 5.32 Å². The first-order valence-electron chi connectivity index (χ1n) is 18.2. The Morgan fingerprint density at radius 3 is 1.96 bits per heavy atom. The molecular weight excluding hydrogens is 606 g/mol. The van der Waals surface area contributed by atoms with Gasteiger partial charge in [-0.2, -0.15) is 0 Å². The molecule has 0 aliphatic rings. The first-order chi connectivity index (χ1) is 23.5. The van der Waals surface area contributed by atoms with Crippen molar-refractivity contribution in [2.75, 3.05) is 19.6 Å². The number of imidazole rings is 1. The molecule has 0 aliphatic heterocycles. The minimum Gasteiger partial charge on any atom is -0.381 e. The zero-order valence-electron chi connectivity index (χ0n) is 31.0. The molecule has 1 aromatic heterocycles. The van der Waals surface area contributed by atoms with E-state index in [1.165, 1.54) is 10.9 Å². The van der Waals surface area contributed by atoms with Crippen LogP contribution in [0.5, 0.6) is 0 Å². The molecule has 0 spiro atoms. The number of allylic oxidation sites excluding steroid dienone is 1. The minimum atomic E-state index is 0.114. The predicted molar refractivity (Wildman–Crippen MR) is 205 cm³/mol. The number of nitrogens with one attached hydrogen (secondary N) is 2. The molecule has 2 amide bonds. The molecule has 1 atom stereocenters. The highest BCUT2D eigenvalue weighted by atomic mass is 16.2. The fourth-order valence-electron chi connectivity index (χ4n) is 6.47. The van der Waals surface area contributed by atoms with Crippen LogP contribution in [0.3, 0.4) is 0 Å². The Kier molecular flexibility index (Phi) is 13.6. The summed E-state index contributed by atoms with van der Waals surface area (Å²) in [6.07, 6.45) is 6.99. The van der Waals surface area contributed by atoms with E-state index in [4.69, 9.17) is 0 Å². The minimum absolute atomic E-state index is 0.114. The lowest BCUT2D eigenvalue weighted by Gasteiger charge is -2.28. The van der Waals surface area contributed by atoms with Crippen molar-refractivity contribution in [3.63, 3.8) is 0 Å². The SMILES string of the molecule is C/C=C(\NC(C)CN(CCC)C(=O)CC(C)C)c1ccc(-c2cccc3c(-c4cnc(CN(CCC)C(=O)CC(C)C)[nH]4)cccc23)cc1. The van der Waals surface area contributed by atoms with E-state index >= 15 is 0 Å². The van der Waals surface area contributed by atoms with Crippen molar-refractivity contribution >= 4 is 28.3 Å². The van der Waals surface area contributed by atoms with E-state index in [9.17, 15) is 9.59 Å². The van der Waals surface area contributed by atoms with Gasteiger partial charge in [0.05, 0.1) is 18.4 Å². The molecule has 7 heteroatoms. The zero-order valence-corrected chi connectivity index (χ0v) is 31.0. The maximum Gasteiger partial charge on any atom is 0.223 e. The summed E-state index contributed by atoms with van der Waals surface area (Å²) >= 11 is 0. The van der Waals surface area contributed by atoms with E-state index in [1.54, 1.807) is 0 Å². The first kappa shape index (κ1) is 37.4. The molecule has 0 saturated heterocycles. The Balaban J connectivity index is 1.53. The third-order valence-electron chi connectivity index (χ3n) is 8.73. The Labute approximate surface area is 294 Å².